The molecule has 0 radical (unpaired) electrons. The number of benzene rings is 1. The first-order valence-corrected chi connectivity index (χ1v) is 7.28. The van der Waals surface area contributed by atoms with E-state index < -0.39 is 5.82 Å². The highest BCUT2D eigenvalue weighted by Gasteiger charge is 2.37. The van der Waals surface area contributed by atoms with Crippen LogP contribution in [0.2, 0.25) is 5.02 Å². The van der Waals surface area contributed by atoms with Crippen molar-refractivity contribution in [3.05, 3.63) is 22.5 Å². The number of ether oxygens (including phenoxy) is 2. The van der Waals surface area contributed by atoms with Gasteiger partial charge in [-0.3, -0.25) is 0 Å². The van der Waals surface area contributed by atoms with Crippen molar-refractivity contribution in [2.75, 3.05) is 20.8 Å². The second-order valence-corrected chi connectivity index (χ2v) is 5.74. The average molecular weight is 302 g/mol. The van der Waals surface area contributed by atoms with Crippen molar-refractivity contribution in [2.45, 2.75) is 37.5 Å². The van der Waals surface area contributed by atoms with Crippen molar-refractivity contribution in [1.29, 1.82) is 0 Å². The molecule has 1 aliphatic carbocycles. The van der Waals surface area contributed by atoms with E-state index in [0.29, 0.717) is 12.3 Å². The number of hydrogen-bond donors (Lipinski definition) is 1. The Morgan fingerprint density at radius 2 is 1.80 bits per heavy atom. The first-order chi connectivity index (χ1) is 9.59. The fourth-order valence-corrected chi connectivity index (χ4v) is 3.37. The van der Waals surface area contributed by atoms with Gasteiger partial charge in [-0.05, 0) is 18.9 Å². The van der Waals surface area contributed by atoms with E-state index in [0.717, 1.165) is 31.2 Å². The van der Waals surface area contributed by atoms with Gasteiger partial charge in [0.05, 0.1) is 19.2 Å². The van der Waals surface area contributed by atoms with Gasteiger partial charge in [0.15, 0.2) is 17.3 Å². The zero-order chi connectivity index (χ0) is 14.8. The third kappa shape index (κ3) is 2.47. The van der Waals surface area contributed by atoms with Crippen LogP contribution in [0.1, 0.15) is 37.7 Å². The van der Waals surface area contributed by atoms with Crippen molar-refractivity contribution >= 4 is 11.6 Å². The lowest BCUT2D eigenvalue weighted by molar-refractivity contribution is 0.278. The van der Waals surface area contributed by atoms with Gasteiger partial charge in [0.1, 0.15) is 0 Å². The first-order valence-electron chi connectivity index (χ1n) is 6.90. The lowest BCUT2D eigenvalue weighted by atomic mass is 9.69. The Kier molecular flexibility index (Phi) is 4.76. The summed E-state index contributed by atoms with van der Waals surface area (Å²) in [6.07, 6.45) is 5.35. The maximum atomic E-state index is 14.1. The van der Waals surface area contributed by atoms with E-state index in [1.165, 1.54) is 20.6 Å². The van der Waals surface area contributed by atoms with E-state index in [9.17, 15) is 4.39 Å². The molecular formula is C15H21ClFNO2. The highest BCUT2D eigenvalue weighted by atomic mass is 35.5. The van der Waals surface area contributed by atoms with Crippen LogP contribution in [0.25, 0.3) is 0 Å². The molecule has 1 fully saturated rings. The van der Waals surface area contributed by atoms with E-state index in [2.05, 4.69) is 0 Å². The molecule has 0 saturated heterocycles. The molecule has 0 unspecified atom stereocenters. The van der Waals surface area contributed by atoms with E-state index >= 15 is 0 Å². The third-order valence-corrected chi connectivity index (χ3v) is 4.59. The molecule has 1 aliphatic rings. The molecule has 1 saturated carbocycles. The molecule has 0 bridgehead atoms. The van der Waals surface area contributed by atoms with Crippen LogP contribution in [0.15, 0.2) is 6.07 Å². The molecule has 2 rings (SSSR count). The van der Waals surface area contributed by atoms with Crippen LogP contribution < -0.4 is 15.2 Å². The van der Waals surface area contributed by atoms with Gasteiger partial charge in [-0.2, -0.15) is 0 Å². The Morgan fingerprint density at radius 1 is 1.20 bits per heavy atom. The number of nitrogens with two attached hydrogens (primary N) is 1. The first kappa shape index (κ1) is 15.4. The minimum atomic E-state index is -0.585. The molecule has 20 heavy (non-hydrogen) atoms. The summed E-state index contributed by atoms with van der Waals surface area (Å²) in [5.74, 6) is -0.104. The molecule has 5 heteroatoms. The molecule has 0 aromatic heterocycles. The van der Waals surface area contributed by atoms with Crippen LogP contribution in [-0.4, -0.2) is 20.8 Å². The van der Waals surface area contributed by atoms with Gasteiger partial charge in [0, 0.05) is 17.5 Å². The monoisotopic (exact) mass is 301 g/mol. The second-order valence-electron chi connectivity index (χ2n) is 5.33. The normalized spacial score (nSPS) is 17.9. The highest BCUT2D eigenvalue weighted by Crippen LogP contribution is 2.48. The Bertz CT molecular complexity index is 487. The maximum absolute atomic E-state index is 14.1. The smallest absolute Gasteiger partial charge is 0.198 e. The molecule has 112 valence electrons. The highest BCUT2D eigenvalue weighted by molar-refractivity contribution is 6.31. The summed E-state index contributed by atoms with van der Waals surface area (Å²) in [6.45, 7) is 0.495. The van der Waals surface area contributed by atoms with Crippen molar-refractivity contribution in [2.24, 2.45) is 5.73 Å². The van der Waals surface area contributed by atoms with Crippen LogP contribution in [0, 0.1) is 5.82 Å². The minimum Gasteiger partial charge on any atom is -0.492 e. The van der Waals surface area contributed by atoms with Crippen molar-refractivity contribution < 1.29 is 13.9 Å². The zero-order valence-corrected chi connectivity index (χ0v) is 12.7. The second kappa shape index (κ2) is 6.19. The summed E-state index contributed by atoms with van der Waals surface area (Å²) in [5.41, 5.74) is 6.71. The Labute approximate surface area is 124 Å². The Hall–Kier alpha value is -1.00. The van der Waals surface area contributed by atoms with Gasteiger partial charge >= 0.3 is 0 Å². The van der Waals surface area contributed by atoms with Crippen LogP contribution >= 0.6 is 11.6 Å². The summed E-state index contributed by atoms with van der Waals surface area (Å²) >= 11 is 6.01. The quantitative estimate of drug-likeness (QED) is 0.923. The Balaban J connectivity index is 2.62. The van der Waals surface area contributed by atoms with Gasteiger partial charge in [-0.1, -0.05) is 30.9 Å². The SMILES string of the molecule is COc1c(C2(CN)CCCCC2)cc(Cl)c(F)c1OC. The summed E-state index contributed by atoms with van der Waals surface area (Å²) in [6, 6.07) is 1.65. The van der Waals surface area contributed by atoms with Gasteiger partial charge in [-0.25, -0.2) is 4.39 Å². The molecule has 0 aliphatic heterocycles. The van der Waals surface area contributed by atoms with Crippen LogP contribution in [0.3, 0.4) is 0 Å². The van der Waals surface area contributed by atoms with E-state index in [1.54, 1.807) is 6.07 Å². The summed E-state index contributed by atoms with van der Waals surface area (Å²) in [7, 11) is 2.93. The Morgan fingerprint density at radius 3 is 2.30 bits per heavy atom. The summed E-state index contributed by atoms with van der Waals surface area (Å²) in [5, 5.41) is 0.0519. The fraction of sp³-hybridized carbons (Fsp3) is 0.600. The molecule has 0 heterocycles. The molecule has 0 spiro atoms. The molecule has 3 nitrogen and oxygen atoms in total. The standard InChI is InChI=1S/C15H21ClFNO2/c1-19-13-10(8-11(16)12(17)14(13)20-2)15(9-18)6-4-3-5-7-15/h8H,3-7,9,18H2,1-2H3. The minimum absolute atomic E-state index is 0.0519. The molecule has 0 amide bonds. The predicted molar refractivity (Wildman–Crippen MR) is 78.3 cm³/mol. The van der Waals surface area contributed by atoms with Gasteiger partial charge in [0.25, 0.3) is 0 Å². The molecule has 1 aromatic rings. The molecule has 0 atom stereocenters. The van der Waals surface area contributed by atoms with Crippen molar-refractivity contribution in [1.82, 2.24) is 0 Å². The topological polar surface area (TPSA) is 44.5 Å². The molecule has 1 aromatic carbocycles. The van der Waals surface area contributed by atoms with Gasteiger partial charge in [-0.15, -0.1) is 0 Å². The average Bonchev–Trinajstić information content (AvgIpc) is 2.49. The van der Waals surface area contributed by atoms with Gasteiger partial charge in [0.2, 0.25) is 0 Å². The van der Waals surface area contributed by atoms with E-state index in [1.807, 2.05) is 0 Å². The van der Waals surface area contributed by atoms with Crippen LogP contribution in [-0.2, 0) is 5.41 Å². The zero-order valence-electron chi connectivity index (χ0n) is 12.0. The third-order valence-electron chi connectivity index (χ3n) is 4.31. The fourth-order valence-electron chi connectivity index (χ4n) is 3.18. The number of halogens is 2. The number of rotatable bonds is 4. The lowest BCUT2D eigenvalue weighted by Gasteiger charge is -2.38. The molecule has 2 N–H and O–H groups in total. The van der Waals surface area contributed by atoms with Crippen molar-refractivity contribution in [3.63, 3.8) is 0 Å². The maximum Gasteiger partial charge on any atom is 0.198 e. The number of hydrogen-bond acceptors (Lipinski definition) is 3. The summed E-state index contributed by atoms with van der Waals surface area (Å²) in [4.78, 5) is 0. The van der Waals surface area contributed by atoms with Crippen molar-refractivity contribution in [3.8, 4) is 11.5 Å². The largest absolute Gasteiger partial charge is 0.492 e. The van der Waals surface area contributed by atoms with Gasteiger partial charge < -0.3 is 15.2 Å². The predicted octanol–water partition coefficient (Wildman–Crippen LogP) is 3.66. The van der Waals surface area contributed by atoms with E-state index in [-0.39, 0.29) is 16.2 Å². The number of methoxy groups -OCH3 is 2. The lowest BCUT2D eigenvalue weighted by Crippen LogP contribution is -2.37. The molecular weight excluding hydrogens is 281 g/mol. The van der Waals surface area contributed by atoms with Crippen LogP contribution in [0.5, 0.6) is 11.5 Å². The van der Waals surface area contributed by atoms with E-state index in [4.69, 9.17) is 26.8 Å². The van der Waals surface area contributed by atoms with Crippen LogP contribution in [0.4, 0.5) is 4.39 Å². The summed E-state index contributed by atoms with van der Waals surface area (Å²) < 4.78 is 24.6.